The van der Waals surface area contributed by atoms with Gasteiger partial charge in [-0.2, -0.15) is 0 Å². The van der Waals surface area contributed by atoms with E-state index in [1.807, 2.05) is 31.2 Å². The van der Waals surface area contributed by atoms with Crippen LogP contribution < -0.4 is 10.6 Å². The SMILES string of the molecule is Cc1cccc(NC(=O)N(CC(=O)Nc2nccs2)C2CC2)c1. The monoisotopic (exact) mass is 330 g/mol. The molecule has 120 valence electrons. The zero-order chi connectivity index (χ0) is 16.2. The van der Waals surface area contributed by atoms with Crippen molar-refractivity contribution in [3.8, 4) is 0 Å². The summed E-state index contributed by atoms with van der Waals surface area (Å²) in [6.07, 6.45) is 3.50. The smallest absolute Gasteiger partial charge is 0.312 e. The molecule has 1 fully saturated rings. The Morgan fingerprint density at radius 1 is 1.35 bits per heavy atom. The van der Waals surface area contributed by atoms with Gasteiger partial charge in [0.15, 0.2) is 5.13 Å². The van der Waals surface area contributed by atoms with Crippen LogP contribution in [0, 0.1) is 6.92 Å². The molecule has 0 aliphatic heterocycles. The summed E-state index contributed by atoms with van der Waals surface area (Å²) in [7, 11) is 0. The molecule has 1 saturated carbocycles. The summed E-state index contributed by atoms with van der Waals surface area (Å²) in [6.45, 7) is 2.00. The van der Waals surface area contributed by atoms with Crippen LogP contribution in [0.1, 0.15) is 18.4 Å². The standard InChI is InChI=1S/C16H18N4O2S/c1-11-3-2-4-12(9-11)18-16(22)20(13-5-6-13)10-14(21)19-15-17-7-8-23-15/h2-4,7-9,13H,5-6,10H2,1H3,(H,18,22)(H,17,19,21). The molecule has 2 N–H and O–H groups in total. The second-order valence-electron chi connectivity index (χ2n) is 5.54. The second-order valence-corrected chi connectivity index (χ2v) is 6.44. The highest BCUT2D eigenvalue weighted by atomic mass is 32.1. The van der Waals surface area contributed by atoms with Crippen LogP contribution in [0.25, 0.3) is 0 Å². The van der Waals surface area contributed by atoms with E-state index in [0.717, 1.165) is 24.1 Å². The summed E-state index contributed by atoms with van der Waals surface area (Å²) in [5.41, 5.74) is 1.81. The lowest BCUT2D eigenvalue weighted by molar-refractivity contribution is -0.116. The van der Waals surface area contributed by atoms with Gasteiger partial charge in [0.2, 0.25) is 5.91 Å². The number of nitrogens with one attached hydrogen (secondary N) is 2. The molecule has 0 unspecified atom stereocenters. The minimum absolute atomic E-state index is 0.0297. The van der Waals surface area contributed by atoms with Crippen molar-refractivity contribution in [1.82, 2.24) is 9.88 Å². The number of aromatic nitrogens is 1. The molecule has 1 aromatic heterocycles. The van der Waals surface area contributed by atoms with Crippen LogP contribution in [0.5, 0.6) is 0 Å². The molecule has 3 amide bonds. The third-order valence-electron chi connectivity index (χ3n) is 3.51. The number of amides is 3. The van der Waals surface area contributed by atoms with Gasteiger partial charge in [-0.3, -0.25) is 4.79 Å². The van der Waals surface area contributed by atoms with E-state index in [1.165, 1.54) is 11.3 Å². The highest BCUT2D eigenvalue weighted by Gasteiger charge is 2.34. The van der Waals surface area contributed by atoms with Crippen molar-refractivity contribution < 1.29 is 9.59 Å². The molecule has 3 rings (SSSR count). The fourth-order valence-corrected chi connectivity index (χ4v) is 2.81. The Hall–Kier alpha value is -2.41. The number of carbonyl (C=O) groups excluding carboxylic acids is 2. The van der Waals surface area contributed by atoms with E-state index < -0.39 is 0 Å². The Kier molecular flexibility index (Phi) is 4.57. The summed E-state index contributed by atoms with van der Waals surface area (Å²) in [6, 6.07) is 7.50. The minimum atomic E-state index is -0.243. The van der Waals surface area contributed by atoms with Gasteiger partial charge in [0.25, 0.3) is 0 Å². The summed E-state index contributed by atoms with van der Waals surface area (Å²) in [5.74, 6) is -0.230. The number of rotatable bonds is 5. The van der Waals surface area contributed by atoms with Crippen molar-refractivity contribution in [3.63, 3.8) is 0 Å². The summed E-state index contributed by atoms with van der Waals surface area (Å²) >= 11 is 1.35. The number of hydrogen-bond acceptors (Lipinski definition) is 4. The zero-order valence-electron chi connectivity index (χ0n) is 12.8. The number of anilines is 2. The normalized spacial score (nSPS) is 13.4. The fourth-order valence-electron chi connectivity index (χ4n) is 2.27. The minimum Gasteiger partial charge on any atom is -0.312 e. The summed E-state index contributed by atoms with van der Waals surface area (Å²) < 4.78 is 0. The Morgan fingerprint density at radius 2 is 2.17 bits per heavy atom. The van der Waals surface area contributed by atoms with E-state index in [9.17, 15) is 9.59 Å². The highest BCUT2D eigenvalue weighted by molar-refractivity contribution is 7.13. The van der Waals surface area contributed by atoms with E-state index in [4.69, 9.17) is 0 Å². The number of urea groups is 1. The van der Waals surface area contributed by atoms with Gasteiger partial charge in [0.1, 0.15) is 6.54 Å². The summed E-state index contributed by atoms with van der Waals surface area (Å²) in [5, 5.41) is 7.91. The molecule has 7 heteroatoms. The number of nitrogens with zero attached hydrogens (tertiary/aromatic N) is 2. The Labute approximate surface area is 138 Å². The van der Waals surface area contributed by atoms with Crippen molar-refractivity contribution in [1.29, 1.82) is 0 Å². The average molecular weight is 330 g/mol. The number of hydrogen-bond donors (Lipinski definition) is 2. The van der Waals surface area contributed by atoms with Crippen LogP contribution in [-0.2, 0) is 4.79 Å². The predicted molar refractivity (Wildman–Crippen MR) is 90.7 cm³/mol. The maximum absolute atomic E-state index is 12.5. The molecule has 1 heterocycles. The van der Waals surface area contributed by atoms with Crippen molar-refractivity contribution in [3.05, 3.63) is 41.4 Å². The maximum Gasteiger partial charge on any atom is 0.322 e. The number of aryl methyl sites for hydroxylation is 1. The molecule has 23 heavy (non-hydrogen) atoms. The van der Waals surface area contributed by atoms with Crippen LogP contribution in [0.15, 0.2) is 35.8 Å². The van der Waals surface area contributed by atoms with Gasteiger partial charge in [-0.25, -0.2) is 9.78 Å². The van der Waals surface area contributed by atoms with Gasteiger partial charge in [-0.1, -0.05) is 12.1 Å². The zero-order valence-corrected chi connectivity index (χ0v) is 13.6. The van der Waals surface area contributed by atoms with Crippen LogP contribution in [0.3, 0.4) is 0 Å². The van der Waals surface area contributed by atoms with E-state index in [2.05, 4.69) is 15.6 Å². The molecular weight excluding hydrogens is 312 g/mol. The molecule has 2 aromatic rings. The summed E-state index contributed by atoms with van der Waals surface area (Å²) in [4.78, 5) is 30.2. The van der Waals surface area contributed by atoms with Gasteiger partial charge in [-0.05, 0) is 37.5 Å². The van der Waals surface area contributed by atoms with Crippen molar-refractivity contribution in [2.45, 2.75) is 25.8 Å². The topological polar surface area (TPSA) is 74.3 Å². The van der Waals surface area contributed by atoms with E-state index >= 15 is 0 Å². The van der Waals surface area contributed by atoms with Crippen LogP contribution >= 0.6 is 11.3 Å². The molecule has 0 atom stereocenters. The maximum atomic E-state index is 12.5. The number of thiazole rings is 1. The Morgan fingerprint density at radius 3 is 2.83 bits per heavy atom. The largest absolute Gasteiger partial charge is 0.322 e. The average Bonchev–Trinajstić information content (AvgIpc) is 3.22. The lowest BCUT2D eigenvalue weighted by Crippen LogP contribution is -2.42. The number of carbonyl (C=O) groups is 2. The Bertz CT molecular complexity index is 698. The van der Waals surface area contributed by atoms with Crippen LogP contribution in [-0.4, -0.2) is 34.4 Å². The molecule has 1 aliphatic rings. The molecule has 0 bridgehead atoms. The number of benzene rings is 1. The molecule has 6 nitrogen and oxygen atoms in total. The van der Waals surface area contributed by atoms with Gasteiger partial charge < -0.3 is 15.5 Å². The van der Waals surface area contributed by atoms with Crippen molar-refractivity contribution in [2.75, 3.05) is 17.2 Å². The second kappa shape index (κ2) is 6.78. The first-order valence-corrected chi connectivity index (χ1v) is 8.33. The van der Waals surface area contributed by atoms with Crippen molar-refractivity contribution in [2.24, 2.45) is 0 Å². The first-order chi connectivity index (χ1) is 11.1. The van der Waals surface area contributed by atoms with Gasteiger partial charge in [0.05, 0.1) is 0 Å². The third kappa shape index (κ3) is 4.29. The van der Waals surface area contributed by atoms with Crippen LogP contribution in [0.4, 0.5) is 15.6 Å². The molecule has 0 radical (unpaired) electrons. The molecule has 1 aliphatic carbocycles. The fraction of sp³-hybridized carbons (Fsp3) is 0.312. The first-order valence-electron chi connectivity index (χ1n) is 7.45. The van der Waals surface area contributed by atoms with Gasteiger partial charge >= 0.3 is 6.03 Å². The van der Waals surface area contributed by atoms with E-state index in [1.54, 1.807) is 16.5 Å². The first kappa shape index (κ1) is 15.5. The highest BCUT2D eigenvalue weighted by Crippen LogP contribution is 2.27. The lowest BCUT2D eigenvalue weighted by atomic mass is 10.2. The van der Waals surface area contributed by atoms with E-state index in [0.29, 0.717) is 5.13 Å². The molecule has 0 saturated heterocycles. The lowest BCUT2D eigenvalue weighted by Gasteiger charge is -2.22. The quantitative estimate of drug-likeness (QED) is 0.884. The molecule has 1 aromatic carbocycles. The van der Waals surface area contributed by atoms with Gasteiger partial charge in [-0.15, -0.1) is 11.3 Å². The van der Waals surface area contributed by atoms with E-state index in [-0.39, 0.29) is 24.5 Å². The molecular formula is C16H18N4O2S. The Balaban J connectivity index is 1.61. The van der Waals surface area contributed by atoms with Gasteiger partial charge in [0, 0.05) is 23.3 Å². The molecule has 0 spiro atoms. The third-order valence-corrected chi connectivity index (χ3v) is 4.20. The van der Waals surface area contributed by atoms with Crippen molar-refractivity contribution >= 4 is 34.1 Å². The van der Waals surface area contributed by atoms with Crippen LogP contribution in [0.2, 0.25) is 0 Å². The predicted octanol–water partition coefficient (Wildman–Crippen LogP) is 3.09.